The first kappa shape index (κ1) is 39.1. The number of hydrogen-bond acceptors (Lipinski definition) is 8. The Morgan fingerprint density at radius 1 is 0.375 bits per heavy atom. The maximum Gasteiger partial charge on any atom is 0.164 e. The van der Waals surface area contributed by atoms with Crippen molar-refractivity contribution in [1.82, 2.24) is 39.9 Å². The number of fused-ring (bicyclic) bond motifs is 20. The van der Waals surface area contributed by atoms with Crippen molar-refractivity contribution in [3.63, 3.8) is 0 Å². The van der Waals surface area contributed by atoms with E-state index in [0.717, 1.165) is 54.9 Å². The zero-order chi connectivity index (χ0) is 43.7. The molecule has 314 valence electrons. The van der Waals surface area contributed by atoms with Crippen LogP contribution in [0.1, 0.15) is 63.8 Å². The molecule has 0 saturated carbocycles. The molecule has 0 radical (unpaired) electrons. The van der Waals surface area contributed by atoms with Crippen LogP contribution in [0, 0.1) is 0 Å². The first-order valence-electron chi connectivity index (χ1n) is 21.7. The van der Waals surface area contributed by atoms with Gasteiger partial charge in [0.1, 0.15) is 35.8 Å². The lowest BCUT2D eigenvalue weighted by atomic mass is 9.87. The molecule has 6 aromatic carbocycles. The van der Waals surface area contributed by atoms with E-state index in [-0.39, 0.29) is 10.8 Å². The second-order valence-corrected chi connectivity index (χ2v) is 18.6. The average Bonchev–Trinajstić information content (AvgIpc) is 4.03. The molecular formula is C54H46N8O2. The van der Waals surface area contributed by atoms with Crippen molar-refractivity contribution >= 4 is 44.1 Å². The third-order valence-corrected chi connectivity index (χ3v) is 12.0. The molecule has 2 aliphatic rings. The number of benzene rings is 6. The van der Waals surface area contributed by atoms with Gasteiger partial charge in [0.25, 0.3) is 0 Å². The largest absolute Gasteiger partial charge is 0.485 e. The Morgan fingerprint density at radius 3 is 1.09 bits per heavy atom. The van der Waals surface area contributed by atoms with Crippen LogP contribution in [0.15, 0.2) is 133 Å². The molecule has 0 fully saturated rings. The van der Waals surface area contributed by atoms with Gasteiger partial charge < -0.3 is 19.4 Å². The molecule has 11 rings (SSSR count). The van der Waals surface area contributed by atoms with Crippen molar-refractivity contribution in [2.24, 2.45) is 0 Å². The van der Waals surface area contributed by atoms with E-state index >= 15 is 0 Å². The van der Waals surface area contributed by atoms with Crippen LogP contribution in [0.3, 0.4) is 0 Å². The Morgan fingerprint density at radius 2 is 0.703 bits per heavy atom. The molecule has 0 unspecified atom stereocenters. The molecule has 0 aliphatic carbocycles. The highest BCUT2D eigenvalue weighted by Crippen LogP contribution is 2.44. The summed E-state index contributed by atoms with van der Waals surface area (Å²) in [5.74, 6) is 3.10. The molecule has 0 atom stereocenters. The Kier molecular flexibility index (Phi) is 9.16. The minimum Gasteiger partial charge on any atom is -0.485 e. The second-order valence-electron chi connectivity index (χ2n) is 18.6. The van der Waals surface area contributed by atoms with E-state index in [2.05, 4.69) is 100 Å². The van der Waals surface area contributed by atoms with Gasteiger partial charge in [-0.1, -0.05) is 163 Å². The van der Waals surface area contributed by atoms with Crippen molar-refractivity contribution in [1.29, 1.82) is 0 Å². The van der Waals surface area contributed by atoms with Gasteiger partial charge in [0.2, 0.25) is 0 Å². The normalized spacial score (nSPS) is 12.3. The molecule has 5 heterocycles. The van der Waals surface area contributed by atoms with Gasteiger partial charge in [0.05, 0.1) is 0 Å². The van der Waals surface area contributed by atoms with Gasteiger partial charge in [-0.05, 0) is 45.2 Å². The topological polar surface area (TPSA) is 127 Å². The number of nitrogens with zero attached hydrogens (tertiary/aromatic N) is 6. The van der Waals surface area contributed by atoms with Crippen molar-refractivity contribution < 1.29 is 9.47 Å². The standard InChI is InChI=1S/C54H46N8O2/c1-53(2,3)33-23-19-31(20-24-33)29-63-43-27-41-42(28-44(43)64-30-32-21-25-34(26-22-32)54(4,5)6)52-61-50-40-18-12-10-16-38(40)48(59-50)57-46-36-14-8-7-13-35(36)45(55-46)56-47-37-15-9-11-17-39(37)49(58-47)60-51(41)62-52/h7-28H,29-30H2,1-6H3,(H2,55,56,57,58,59,60,61,62). The van der Waals surface area contributed by atoms with E-state index in [0.29, 0.717) is 70.6 Å². The van der Waals surface area contributed by atoms with Gasteiger partial charge in [-0.15, -0.1) is 0 Å². The monoisotopic (exact) mass is 838 g/mol. The van der Waals surface area contributed by atoms with E-state index in [1.165, 1.54) is 11.1 Å². The molecule has 64 heavy (non-hydrogen) atoms. The fourth-order valence-electron chi connectivity index (χ4n) is 8.40. The summed E-state index contributed by atoms with van der Waals surface area (Å²) < 4.78 is 13.4. The summed E-state index contributed by atoms with van der Waals surface area (Å²) >= 11 is 0. The minimum atomic E-state index is 0.0411. The van der Waals surface area contributed by atoms with Gasteiger partial charge in [-0.25, -0.2) is 29.9 Å². The lowest BCUT2D eigenvalue weighted by molar-refractivity contribution is 0.256. The average molecular weight is 839 g/mol. The van der Waals surface area contributed by atoms with E-state index < -0.39 is 0 Å². The number of ether oxygens (including phenoxy) is 2. The van der Waals surface area contributed by atoms with Crippen LogP contribution < -0.4 is 9.47 Å². The Balaban J connectivity index is 1.12. The summed E-state index contributed by atoms with van der Waals surface area (Å²) in [5.41, 5.74) is 10.5. The molecule has 10 heteroatoms. The Labute approximate surface area is 370 Å². The van der Waals surface area contributed by atoms with Crippen molar-refractivity contribution in [2.75, 3.05) is 0 Å². The Hall–Kier alpha value is -7.72. The molecule has 2 N–H and O–H groups in total. The smallest absolute Gasteiger partial charge is 0.164 e. The van der Waals surface area contributed by atoms with E-state index in [1.807, 2.05) is 84.9 Å². The van der Waals surface area contributed by atoms with Crippen LogP contribution in [-0.4, -0.2) is 39.9 Å². The van der Waals surface area contributed by atoms with Gasteiger partial charge in [0, 0.05) is 43.8 Å². The van der Waals surface area contributed by atoms with E-state index in [4.69, 9.17) is 39.4 Å². The van der Waals surface area contributed by atoms with Crippen molar-refractivity contribution in [3.8, 4) is 57.1 Å². The molecule has 0 amide bonds. The summed E-state index contributed by atoms with van der Waals surface area (Å²) in [5, 5.41) is 3.70. The highest BCUT2D eigenvalue weighted by Gasteiger charge is 2.27. The van der Waals surface area contributed by atoms with E-state index in [9.17, 15) is 0 Å². The van der Waals surface area contributed by atoms with Crippen LogP contribution in [0.5, 0.6) is 11.5 Å². The molecular weight excluding hydrogens is 793 g/mol. The summed E-state index contributed by atoms with van der Waals surface area (Å²) in [6, 6.07) is 45.4. The van der Waals surface area contributed by atoms with Crippen LogP contribution in [-0.2, 0) is 24.0 Å². The van der Waals surface area contributed by atoms with Gasteiger partial charge in [-0.2, -0.15) is 0 Å². The number of nitrogens with one attached hydrogen (secondary N) is 2. The van der Waals surface area contributed by atoms with Crippen molar-refractivity contribution in [2.45, 2.75) is 65.6 Å². The SMILES string of the molecule is CC(C)(C)c1ccc(COc2cc3c(cc2OCc2ccc(C(C)(C)C)cc2)-c2nc-3nc3nc(nc4[nH]c(nc5[nH]c(n2)c2ccccc52)c2ccccc42)-c2ccccc2-3)cc1. The number of aromatic nitrogens is 8. The molecule has 9 aromatic rings. The van der Waals surface area contributed by atoms with Crippen LogP contribution in [0.25, 0.3) is 89.7 Å². The van der Waals surface area contributed by atoms with Gasteiger partial charge >= 0.3 is 0 Å². The predicted molar refractivity (Wildman–Crippen MR) is 255 cm³/mol. The summed E-state index contributed by atoms with van der Waals surface area (Å²) in [4.78, 5) is 38.1. The Bertz CT molecular complexity index is 3470. The predicted octanol–water partition coefficient (Wildman–Crippen LogP) is 12.6. The molecule has 0 spiro atoms. The maximum atomic E-state index is 6.70. The number of H-pyrrole nitrogens is 2. The molecule has 8 bridgehead atoms. The lowest BCUT2D eigenvalue weighted by Crippen LogP contribution is -2.11. The number of aromatic amines is 2. The van der Waals surface area contributed by atoms with Gasteiger partial charge in [0.15, 0.2) is 34.8 Å². The van der Waals surface area contributed by atoms with Gasteiger partial charge in [-0.3, -0.25) is 0 Å². The zero-order valence-electron chi connectivity index (χ0n) is 36.6. The fourth-order valence-corrected chi connectivity index (χ4v) is 8.40. The van der Waals surface area contributed by atoms with Crippen LogP contribution in [0.4, 0.5) is 0 Å². The molecule has 10 nitrogen and oxygen atoms in total. The number of rotatable bonds is 6. The zero-order valence-corrected chi connectivity index (χ0v) is 36.6. The lowest BCUT2D eigenvalue weighted by Gasteiger charge is -2.20. The second kappa shape index (κ2) is 15.0. The summed E-state index contributed by atoms with van der Waals surface area (Å²) in [7, 11) is 0. The third kappa shape index (κ3) is 7.10. The fraction of sp³-hybridized carbons (Fsp3) is 0.185. The van der Waals surface area contributed by atoms with Crippen LogP contribution in [0.2, 0.25) is 0 Å². The third-order valence-electron chi connectivity index (χ3n) is 12.0. The molecule has 3 aromatic heterocycles. The number of hydrogen-bond donors (Lipinski definition) is 2. The van der Waals surface area contributed by atoms with Crippen LogP contribution >= 0.6 is 0 Å². The molecule has 2 aliphatic heterocycles. The maximum absolute atomic E-state index is 6.70. The summed E-state index contributed by atoms with van der Waals surface area (Å²) in [6.45, 7) is 14.0. The van der Waals surface area contributed by atoms with Crippen molar-refractivity contribution in [3.05, 3.63) is 156 Å². The quantitative estimate of drug-likeness (QED) is 0.169. The highest BCUT2D eigenvalue weighted by molar-refractivity contribution is 6.07. The van der Waals surface area contributed by atoms with E-state index in [1.54, 1.807) is 0 Å². The first-order valence-corrected chi connectivity index (χ1v) is 21.7. The first-order chi connectivity index (χ1) is 30.9. The minimum absolute atomic E-state index is 0.0411. The highest BCUT2D eigenvalue weighted by atomic mass is 16.5. The summed E-state index contributed by atoms with van der Waals surface area (Å²) in [6.07, 6.45) is 0. The molecule has 0 saturated heterocycles.